The Labute approximate surface area is 134 Å². The minimum absolute atomic E-state index is 0.0756. The molecule has 4 heteroatoms. The molecule has 3 nitrogen and oxygen atoms in total. The van der Waals surface area contributed by atoms with E-state index >= 15 is 0 Å². The van der Waals surface area contributed by atoms with Crippen molar-refractivity contribution in [1.82, 2.24) is 9.55 Å². The van der Waals surface area contributed by atoms with Gasteiger partial charge in [-0.25, -0.2) is 4.98 Å². The number of hydrogen-bond donors (Lipinski definition) is 0. The van der Waals surface area contributed by atoms with E-state index in [1.807, 2.05) is 30.3 Å². The molecule has 0 aliphatic heterocycles. The van der Waals surface area contributed by atoms with Crippen LogP contribution in [0.3, 0.4) is 0 Å². The predicted octanol–water partition coefficient (Wildman–Crippen LogP) is 4.23. The summed E-state index contributed by atoms with van der Waals surface area (Å²) in [4.78, 5) is 16.7. The van der Waals surface area contributed by atoms with Gasteiger partial charge in [-0.3, -0.25) is 9.36 Å². The molecule has 112 valence electrons. The van der Waals surface area contributed by atoms with Gasteiger partial charge in [0.15, 0.2) is 0 Å². The first-order valence-electron chi connectivity index (χ1n) is 7.24. The Morgan fingerprint density at radius 1 is 1.14 bits per heavy atom. The van der Waals surface area contributed by atoms with Crippen LogP contribution in [-0.2, 0) is 5.75 Å². The number of benzene rings is 2. The summed E-state index contributed by atoms with van der Waals surface area (Å²) in [7, 11) is 0. The number of imidazole rings is 1. The summed E-state index contributed by atoms with van der Waals surface area (Å²) in [5.41, 5.74) is 5.39. The molecule has 1 aromatic heterocycles. The minimum atomic E-state index is 0.0756. The molecule has 0 atom stereocenters. The zero-order valence-corrected chi connectivity index (χ0v) is 13.6. The van der Waals surface area contributed by atoms with Gasteiger partial charge >= 0.3 is 0 Å². The van der Waals surface area contributed by atoms with E-state index < -0.39 is 0 Å². The van der Waals surface area contributed by atoms with Gasteiger partial charge in [0.2, 0.25) is 5.91 Å². The van der Waals surface area contributed by atoms with Crippen molar-refractivity contribution in [2.75, 3.05) is 5.75 Å². The van der Waals surface area contributed by atoms with Crippen LogP contribution in [0.4, 0.5) is 0 Å². The van der Waals surface area contributed by atoms with Gasteiger partial charge in [-0.1, -0.05) is 30.3 Å². The third-order valence-electron chi connectivity index (χ3n) is 3.77. The topological polar surface area (TPSA) is 34.9 Å². The highest BCUT2D eigenvalue weighted by molar-refractivity contribution is 7.99. The van der Waals surface area contributed by atoms with Crippen molar-refractivity contribution < 1.29 is 4.79 Å². The molecule has 0 radical (unpaired) electrons. The molecular formula is C18H18N2OS. The molecule has 0 spiro atoms. The second-order valence-electron chi connectivity index (χ2n) is 5.41. The number of aromatic nitrogens is 2. The zero-order valence-electron chi connectivity index (χ0n) is 12.7. The molecule has 0 unspecified atom stereocenters. The van der Waals surface area contributed by atoms with E-state index in [1.165, 1.54) is 16.7 Å². The van der Waals surface area contributed by atoms with Crippen molar-refractivity contribution in [2.24, 2.45) is 0 Å². The molecular weight excluding hydrogens is 292 g/mol. The molecule has 0 aliphatic rings. The number of nitrogens with zero attached hydrogens (tertiary/aromatic N) is 2. The molecule has 0 fully saturated rings. The second-order valence-corrected chi connectivity index (χ2v) is 6.40. The Balaban J connectivity index is 1.71. The summed E-state index contributed by atoms with van der Waals surface area (Å²) < 4.78 is 1.67. The minimum Gasteiger partial charge on any atom is -0.273 e. The molecule has 0 bridgehead atoms. The second kappa shape index (κ2) is 6.36. The SMILES string of the molecule is Cc1cc2ncn(C(=O)CSCc3ccccc3)c2cc1C. The van der Waals surface area contributed by atoms with Crippen LogP contribution in [0.25, 0.3) is 11.0 Å². The smallest absolute Gasteiger partial charge is 0.242 e. The summed E-state index contributed by atoms with van der Waals surface area (Å²) in [6, 6.07) is 14.3. The first-order valence-corrected chi connectivity index (χ1v) is 8.40. The highest BCUT2D eigenvalue weighted by Crippen LogP contribution is 2.19. The summed E-state index contributed by atoms with van der Waals surface area (Å²) in [5.74, 6) is 1.37. The van der Waals surface area contributed by atoms with E-state index in [0.717, 1.165) is 16.8 Å². The van der Waals surface area contributed by atoms with Gasteiger partial charge < -0.3 is 0 Å². The fourth-order valence-corrected chi connectivity index (χ4v) is 3.21. The fourth-order valence-electron chi connectivity index (χ4n) is 2.36. The van der Waals surface area contributed by atoms with Crippen molar-refractivity contribution >= 4 is 28.7 Å². The summed E-state index contributed by atoms with van der Waals surface area (Å²) in [6.45, 7) is 4.12. The first-order chi connectivity index (χ1) is 10.6. The van der Waals surface area contributed by atoms with Crippen molar-refractivity contribution in [3.8, 4) is 0 Å². The number of aryl methyl sites for hydroxylation is 2. The molecule has 0 saturated carbocycles. The van der Waals surface area contributed by atoms with Gasteiger partial charge in [-0.15, -0.1) is 11.8 Å². The van der Waals surface area contributed by atoms with Crippen molar-refractivity contribution in [3.63, 3.8) is 0 Å². The van der Waals surface area contributed by atoms with Crippen molar-refractivity contribution in [3.05, 3.63) is 65.5 Å². The highest BCUT2D eigenvalue weighted by atomic mass is 32.2. The molecule has 1 heterocycles. The number of fused-ring (bicyclic) bond motifs is 1. The van der Waals surface area contributed by atoms with Crippen LogP contribution in [0.5, 0.6) is 0 Å². The lowest BCUT2D eigenvalue weighted by Crippen LogP contribution is -2.12. The van der Waals surface area contributed by atoms with Crippen LogP contribution in [0.15, 0.2) is 48.8 Å². The molecule has 0 saturated heterocycles. The van der Waals surface area contributed by atoms with Crippen LogP contribution in [0.1, 0.15) is 21.5 Å². The van der Waals surface area contributed by atoms with Gasteiger partial charge in [0.25, 0.3) is 0 Å². The van der Waals surface area contributed by atoms with Gasteiger partial charge in [0, 0.05) is 5.75 Å². The predicted molar refractivity (Wildman–Crippen MR) is 92.4 cm³/mol. The maximum atomic E-state index is 12.4. The van der Waals surface area contributed by atoms with Crippen LogP contribution in [0, 0.1) is 13.8 Å². The van der Waals surface area contributed by atoms with E-state index in [1.54, 1.807) is 22.7 Å². The average Bonchev–Trinajstić information content (AvgIpc) is 2.91. The van der Waals surface area contributed by atoms with E-state index in [0.29, 0.717) is 5.75 Å². The third kappa shape index (κ3) is 3.07. The van der Waals surface area contributed by atoms with E-state index in [-0.39, 0.29) is 5.91 Å². The average molecular weight is 310 g/mol. The molecule has 0 amide bonds. The maximum Gasteiger partial charge on any atom is 0.242 e. The first kappa shape index (κ1) is 14.9. The Hall–Kier alpha value is -2.07. The van der Waals surface area contributed by atoms with Crippen molar-refractivity contribution in [1.29, 1.82) is 0 Å². The summed E-state index contributed by atoms with van der Waals surface area (Å²) in [5, 5.41) is 0. The lowest BCUT2D eigenvalue weighted by Gasteiger charge is -2.05. The van der Waals surface area contributed by atoms with E-state index in [2.05, 4.69) is 31.0 Å². The Morgan fingerprint density at radius 3 is 2.64 bits per heavy atom. The number of rotatable bonds is 4. The van der Waals surface area contributed by atoms with Crippen molar-refractivity contribution in [2.45, 2.75) is 19.6 Å². The lowest BCUT2D eigenvalue weighted by molar-refractivity contribution is 0.0946. The quantitative estimate of drug-likeness (QED) is 0.723. The molecule has 3 aromatic rings. The number of hydrogen-bond acceptors (Lipinski definition) is 3. The van der Waals surface area contributed by atoms with Crippen LogP contribution in [-0.4, -0.2) is 21.2 Å². The van der Waals surface area contributed by atoms with Crippen LogP contribution >= 0.6 is 11.8 Å². The Morgan fingerprint density at radius 2 is 1.86 bits per heavy atom. The summed E-state index contributed by atoms with van der Waals surface area (Å²) in [6.07, 6.45) is 1.63. The molecule has 22 heavy (non-hydrogen) atoms. The van der Waals surface area contributed by atoms with Gasteiger partial charge in [-0.05, 0) is 42.7 Å². The van der Waals surface area contributed by atoms with Gasteiger partial charge in [0.1, 0.15) is 6.33 Å². The largest absolute Gasteiger partial charge is 0.273 e. The van der Waals surface area contributed by atoms with Crippen LogP contribution in [0.2, 0.25) is 0 Å². The molecule has 2 aromatic carbocycles. The maximum absolute atomic E-state index is 12.4. The number of thioether (sulfide) groups is 1. The van der Waals surface area contributed by atoms with Crippen LogP contribution < -0.4 is 0 Å². The Kier molecular flexibility index (Phi) is 4.29. The normalized spacial score (nSPS) is 11.0. The lowest BCUT2D eigenvalue weighted by atomic mass is 10.1. The summed E-state index contributed by atoms with van der Waals surface area (Å²) >= 11 is 1.63. The molecule has 3 rings (SSSR count). The Bertz CT molecular complexity index is 809. The third-order valence-corrected chi connectivity index (χ3v) is 4.76. The molecule has 0 N–H and O–H groups in total. The van der Waals surface area contributed by atoms with Gasteiger partial charge in [-0.2, -0.15) is 0 Å². The van der Waals surface area contributed by atoms with Gasteiger partial charge in [0.05, 0.1) is 16.8 Å². The monoisotopic (exact) mass is 310 g/mol. The van der Waals surface area contributed by atoms with E-state index in [4.69, 9.17) is 0 Å². The standard InChI is InChI=1S/C18H18N2OS/c1-13-8-16-17(9-14(13)2)20(12-19-16)18(21)11-22-10-15-6-4-3-5-7-15/h3-9,12H,10-11H2,1-2H3. The zero-order chi connectivity index (χ0) is 15.5. The molecule has 0 aliphatic carbocycles. The fraction of sp³-hybridized carbons (Fsp3) is 0.222. The van der Waals surface area contributed by atoms with E-state index in [9.17, 15) is 4.79 Å². The highest BCUT2D eigenvalue weighted by Gasteiger charge is 2.11. The number of carbonyl (C=O) groups is 1. The number of carbonyl (C=O) groups excluding carboxylic acids is 1.